The first-order valence-electron chi connectivity index (χ1n) is 7.95. The van der Waals surface area contributed by atoms with Crippen molar-refractivity contribution in [2.75, 3.05) is 6.54 Å². The second-order valence-corrected chi connectivity index (χ2v) is 6.24. The summed E-state index contributed by atoms with van der Waals surface area (Å²) in [7, 11) is 1.66. The lowest BCUT2D eigenvalue weighted by molar-refractivity contribution is 0.0718. The maximum atomic E-state index is 12.8. The first-order valence-corrected chi connectivity index (χ1v) is 7.95. The van der Waals surface area contributed by atoms with Crippen molar-refractivity contribution >= 4 is 5.91 Å². The number of aromatic nitrogens is 3. The maximum Gasteiger partial charge on any atom is 0.263 e. The number of aryl methyl sites for hydroxylation is 3. The van der Waals surface area contributed by atoms with Crippen LogP contribution in [0.15, 0.2) is 29.2 Å². The highest BCUT2D eigenvalue weighted by atomic mass is 16.2. The molecule has 2 aromatic rings. The standard InChI is InChI=1S/C17H22N4O2/c1-12-10-13(2)21(18-12)11-14-6-4-9-20(14)17(23)15-7-5-8-19(3)16(15)22/h5,7-8,10,14H,4,6,9,11H2,1-3H3. The first kappa shape index (κ1) is 15.5. The fourth-order valence-electron chi connectivity index (χ4n) is 3.27. The van der Waals surface area contributed by atoms with E-state index >= 15 is 0 Å². The molecule has 0 N–H and O–H groups in total. The predicted octanol–water partition coefficient (Wildman–Crippen LogP) is 1.50. The van der Waals surface area contributed by atoms with Crippen molar-refractivity contribution in [3.8, 4) is 0 Å². The largest absolute Gasteiger partial charge is 0.334 e. The van der Waals surface area contributed by atoms with Crippen molar-refractivity contribution in [2.45, 2.75) is 39.3 Å². The molecular formula is C17H22N4O2. The number of likely N-dealkylation sites (tertiary alicyclic amines) is 1. The number of carbonyl (C=O) groups is 1. The minimum atomic E-state index is -0.241. The summed E-state index contributed by atoms with van der Waals surface area (Å²) in [6.45, 7) is 5.36. The molecule has 0 spiro atoms. The molecule has 2 aromatic heterocycles. The zero-order valence-electron chi connectivity index (χ0n) is 13.8. The summed E-state index contributed by atoms with van der Waals surface area (Å²) in [6.07, 6.45) is 3.57. The molecule has 0 saturated carbocycles. The Kier molecular flexibility index (Phi) is 4.07. The van der Waals surface area contributed by atoms with Gasteiger partial charge in [0.15, 0.2) is 0 Å². The van der Waals surface area contributed by atoms with E-state index in [1.807, 2.05) is 29.5 Å². The van der Waals surface area contributed by atoms with Gasteiger partial charge in [-0.3, -0.25) is 14.3 Å². The van der Waals surface area contributed by atoms with Crippen LogP contribution in [0, 0.1) is 13.8 Å². The Balaban J connectivity index is 1.84. The van der Waals surface area contributed by atoms with Crippen LogP contribution in [0.2, 0.25) is 0 Å². The number of hydrogen-bond acceptors (Lipinski definition) is 3. The van der Waals surface area contributed by atoms with E-state index in [-0.39, 0.29) is 23.1 Å². The van der Waals surface area contributed by atoms with Crippen molar-refractivity contribution in [1.29, 1.82) is 0 Å². The monoisotopic (exact) mass is 314 g/mol. The fourth-order valence-corrected chi connectivity index (χ4v) is 3.27. The van der Waals surface area contributed by atoms with E-state index in [9.17, 15) is 9.59 Å². The van der Waals surface area contributed by atoms with Gasteiger partial charge in [-0.1, -0.05) is 0 Å². The molecule has 1 saturated heterocycles. The highest BCUT2D eigenvalue weighted by Gasteiger charge is 2.31. The molecule has 1 amide bonds. The third-order valence-electron chi connectivity index (χ3n) is 4.48. The van der Waals surface area contributed by atoms with Crippen LogP contribution >= 0.6 is 0 Å². The summed E-state index contributed by atoms with van der Waals surface area (Å²) >= 11 is 0. The Morgan fingerprint density at radius 3 is 2.87 bits per heavy atom. The van der Waals surface area contributed by atoms with E-state index in [2.05, 4.69) is 5.10 Å². The van der Waals surface area contributed by atoms with Crippen molar-refractivity contribution in [2.24, 2.45) is 7.05 Å². The zero-order chi connectivity index (χ0) is 16.6. The SMILES string of the molecule is Cc1cc(C)n(CC2CCCN2C(=O)c2cccn(C)c2=O)n1. The van der Waals surface area contributed by atoms with Gasteiger partial charge in [0.1, 0.15) is 5.56 Å². The Labute approximate surface area is 135 Å². The summed E-state index contributed by atoms with van der Waals surface area (Å²) in [5.74, 6) is -0.171. The Hall–Kier alpha value is -2.37. The van der Waals surface area contributed by atoms with Crippen LogP contribution in [-0.4, -0.2) is 37.7 Å². The highest BCUT2D eigenvalue weighted by molar-refractivity contribution is 5.94. The van der Waals surface area contributed by atoms with E-state index in [1.54, 1.807) is 25.4 Å². The van der Waals surface area contributed by atoms with E-state index < -0.39 is 0 Å². The minimum Gasteiger partial charge on any atom is -0.334 e. The molecular weight excluding hydrogens is 292 g/mol. The molecule has 0 aliphatic carbocycles. The molecule has 1 fully saturated rings. The van der Waals surface area contributed by atoms with E-state index in [1.165, 1.54) is 4.57 Å². The Morgan fingerprint density at radius 2 is 2.17 bits per heavy atom. The van der Waals surface area contributed by atoms with Crippen LogP contribution in [0.5, 0.6) is 0 Å². The van der Waals surface area contributed by atoms with Crippen LogP contribution < -0.4 is 5.56 Å². The van der Waals surface area contributed by atoms with Gasteiger partial charge in [-0.2, -0.15) is 5.10 Å². The molecule has 1 atom stereocenters. The van der Waals surface area contributed by atoms with Crippen LogP contribution in [0.25, 0.3) is 0 Å². The minimum absolute atomic E-state index is 0.0883. The first-order chi connectivity index (χ1) is 11.0. The molecule has 23 heavy (non-hydrogen) atoms. The van der Waals surface area contributed by atoms with Gasteiger partial charge in [0.2, 0.25) is 0 Å². The normalized spacial score (nSPS) is 17.7. The van der Waals surface area contributed by atoms with E-state index in [4.69, 9.17) is 0 Å². The van der Waals surface area contributed by atoms with Gasteiger partial charge in [-0.25, -0.2) is 0 Å². The fraction of sp³-hybridized carbons (Fsp3) is 0.471. The van der Waals surface area contributed by atoms with Crippen LogP contribution in [0.4, 0.5) is 0 Å². The summed E-state index contributed by atoms with van der Waals surface area (Å²) in [5, 5.41) is 4.48. The van der Waals surface area contributed by atoms with Gasteiger partial charge in [0.05, 0.1) is 18.3 Å². The number of nitrogens with zero attached hydrogens (tertiary/aromatic N) is 4. The van der Waals surface area contributed by atoms with Gasteiger partial charge in [0.25, 0.3) is 11.5 Å². The second kappa shape index (κ2) is 6.02. The molecule has 1 aliphatic heterocycles. The average molecular weight is 314 g/mol. The summed E-state index contributed by atoms with van der Waals surface area (Å²) in [6, 6.07) is 5.48. The lowest BCUT2D eigenvalue weighted by Crippen LogP contribution is -2.41. The summed E-state index contributed by atoms with van der Waals surface area (Å²) < 4.78 is 3.40. The molecule has 0 bridgehead atoms. The lowest BCUT2D eigenvalue weighted by Gasteiger charge is -2.25. The second-order valence-electron chi connectivity index (χ2n) is 6.24. The molecule has 3 rings (SSSR count). The molecule has 3 heterocycles. The highest BCUT2D eigenvalue weighted by Crippen LogP contribution is 2.21. The average Bonchev–Trinajstić information content (AvgIpc) is 3.08. The molecule has 0 aromatic carbocycles. The van der Waals surface area contributed by atoms with Crippen LogP contribution in [0.1, 0.15) is 34.6 Å². The Bertz CT molecular complexity index is 790. The van der Waals surface area contributed by atoms with Crippen molar-refractivity contribution < 1.29 is 4.79 Å². The van der Waals surface area contributed by atoms with Crippen molar-refractivity contribution in [1.82, 2.24) is 19.2 Å². The molecule has 6 heteroatoms. The Morgan fingerprint density at radius 1 is 1.39 bits per heavy atom. The molecule has 122 valence electrons. The molecule has 1 unspecified atom stereocenters. The van der Waals surface area contributed by atoms with Gasteiger partial charge in [0, 0.05) is 25.5 Å². The number of hydrogen-bond donors (Lipinski definition) is 0. The van der Waals surface area contributed by atoms with Gasteiger partial charge >= 0.3 is 0 Å². The number of rotatable bonds is 3. The predicted molar refractivity (Wildman–Crippen MR) is 87.4 cm³/mol. The molecule has 0 radical (unpaired) electrons. The van der Waals surface area contributed by atoms with E-state index in [0.29, 0.717) is 13.1 Å². The summed E-state index contributed by atoms with van der Waals surface area (Å²) in [4.78, 5) is 26.8. The third kappa shape index (κ3) is 2.93. The third-order valence-corrected chi connectivity index (χ3v) is 4.48. The van der Waals surface area contributed by atoms with Crippen LogP contribution in [0.3, 0.4) is 0 Å². The van der Waals surface area contributed by atoms with Gasteiger partial charge in [-0.05, 0) is 44.9 Å². The number of pyridine rings is 1. The van der Waals surface area contributed by atoms with Crippen molar-refractivity contribution in [3.05, 3.63) is 51.7 Å². The summed E-state index contributed by atoms with van der Waals surface area (Å²) in [5.41, 5.74) is 2.08. The quantitative estimate of drug-likeness (QED) is 0.862. The maximum absolute atomic E-state index is 12.8. The van der Waals surface area contributed by atoms with Gasteiger partial charge in [-0.15, -0.1) is 0 Å². The number of amides is 1. The molecule has 1 aliphatic rings. The lowest BCUT2D eigenvalue weighted by atomic mass is 10.2. The number of carbonyl (C=O) groups excluding carboxylic acids is 1. The van der Waals surface area contributed by atoms with E-state index in [0.717, 1.165) is 24.2 Å². The smallest absolute Gasteiger partial charge is 0.263 e. The van der Waals surface area contributed by atoms with Crippen LogP contribution in [-0.2, 0) is 13.6 Å². The van der Waals surface area contributed by atoms with Crippen molar-refractivity contribution in [3.63, 3.8) is 0 Å². The van der Waals surface area contributed by atoms with Gasteiger partial charge < -0.3 is 9.47 Å². The molecule has 6 nitrogen and oxygen atoms in total. The topological polar surface area (TPSA) is 60.1 Å². The zero-order valence-corrected chi connectivity index (χ0v) is 13.8.